The van der Waals surface area contributed by atoms with Gasteiger partial charge >= 0.3 is 0 Å². The standard InChI is InChI=1S/C14H18F2N2O5S/c15-11-6-10(12(16)5-8(11)7-18-24(20)21)13(14(17)19)23-9-1-3-22-4-2-9/h5-6,9,13,24H,1-4,7H2,(H2,17,19)(H,18,20,21)/t13-/m1/s1. The molecule has 0 saturated carbocycles. The van der Waals surface area contributed by atoms with Gasteiger partial charge in [-0.2, -0.15) is 0 Å². The van der Waals surface area contributed by atoms with Crippen molar-refractivity contribution in [2.24, 2.45) is 5.73 Å². The quantitative estimate of drug-likeness (QED) is 0.603. The zero-order valence-corrected chi connectivity index (χ0v) is 13.6. The number of halogens is 2. The van der Waals surface area contributed by atoms with Crippen molar-refractivity contribution in [1.29, 1.82) is 0 Å². The first-order valence-corrected chi connectivity index (χ1v) is 8.44. The van der Waals surface area contributed by atoms with Crippen molar-refractivity contribution in [3.8, 4) is 0 Å². The zero-order chi connectivity index (χ0) is 17.7. The summed E-state index contributed by atoms with van der Waals surface area (Å²) in [4.78, 5) is 11.6. The van der Waals surface area contributed by atoms with Crippen molar-refractivity contribution in [3.05, 3.63) is 34.9 Å². The number of rotatable bonds is 7. The molecule has 1 saturated heterocycles. The molecule has 1 atom stereocenters. The molecule has 0 aliphatic carbocycles. The predicted octanol–water partition coefficient (Wildman–Crippen LogP) is 0.303. The minimum atomic E-state index is -2.94. The summed E-state index contributed by atoms with van der Waals surface area (Å²) >= 11 is 0. The molecule has 0 radical (unpaired) electrons. The highest BCUT2D eigenvalue weighted by atomic mass is 32.2. The van der Waals surface area contributed by atoms with E-state index in [0.29, 0.717) is 26.1 Å². The summed E-state index contributed by atoms with van der Waals surface area (Å²) in [5.41, 5.74) is 4.76. The van der Waals surface area contributed by atoms with Crippen LogP contribution in [-0.2, 0) is 31.7 Å². The Morgan fingerprint density at radius 3 is 2.58 bits per heavy atom. The number of benzene rings is 1. The van der Waals surface area contributed by atoms with Crippen LogP contribution in [0.4, 0.5) is 8.78 Å². The Morgan fingerprint density at radius 1 is 1.33 bits per heavy atom. The largest absolute Gasteiger partial charge is 0.381 e. The van der Waals surface area contributed by atoms with Gasteiger partial charge in [0.05, 0.1) is 6.10 Å². The first-order valence-electron chi connectivity index (χ1n) is 7.26. The number of carbonyl (C=O) groups is 1. The molecule has 1 fully saturated rings. The van der Waals surface area contributed by atoms with Crippen LogP contribution in [0.2, 0.25) is 0 Å². The van der Waals surface area contributed by atoms with Gasteiger partial charge in [-0.15, -0.1) is 0 Å². The smallest absolute Gasteiger partial charge is 0.251 e. The Kier molecular flexibility index (Phi) is 6.60. The molecule has 24 heavy (non-hydrogen) atoms. The first-order chi connectivity index (χ1) is 11.4. The van der Waals surface area contributed by atoms with Crippen LogP contribution in [0.1, 0.15) is 30.1 Å². The predicted molar refractivity (Wildman–Crippen MR) is 80.4 cm³/mol. The highest BCUT2D eigenvalue weighted by Gasteiger charge is 2.28. The van der Waals surface area contributed by atoms with Gasteiger partial charge in [0.25, 0.3) is 5.91 Å². The second-order valence-corrected chi connectivity index (χ2v) is 6.12. The number of ether oxygens (including phenoxy) is 2. The lowest BCUT2D eigenvalue weighted by Gasteiger charge is -2.26. The van der Waals surface area contributed by atoms with Gasteiger partial charge in [-0.1, -0.05) is 0 Å². The second-order valence-electron chi connectivity index (χ2n) is 5.29. The first kappa shape index (κ1) is 18.7. The number of nitrogens with two attached hydrogens (primary N) is 1. The van der Waals surface area contributed by atoms with E-state index < -0.39 is 41.1 Å². The van der Waals surface area contributed by atoms with E-state index in [1.54, 1.807) is 0 Å². The molecule has 0 unspecified atom stereocenters. The van der Waals surface area contributed by atoms with Gasteiger partial charge in [0.15, 0.2) is 6.10 Å². The molecule has 1 aromatic rings. The summed E-state index contributed by atoms with van der Waals surface area (Å²) in [6.07, 6.45) is -0.732. The van der Waals surface area contributed by atoms with Crippen molar-refractivity contribution < 1.29 is 31.5 Å². The number of carbonyl (C=O) groups excluding carboxylic acids is 1. The minimum absolute atomic E-state index is 0.190. The fourth-order valence-electron chi connectivity index (χ4n) is 2.39. The summed E-state index contributed by atoms with van der Waals surface area (Å²) in [5.74, 6) is -2.70. The highest BCUT2D eigenvalue weighted by molar-refractivity contribution is 7.70. The van der Waals surface area contributed by atoms with E-state index in [1.165, 1.54) is 0 Å². The molecule has 1 heterocycles. The number of amides is 1. The van der Waals surface area contributed by atoms with Gasteiger partial charge in [-0.3, -0.25) is 4.79 Å². The monoisotopic (exact) mass is 364 g/mol. The minimum Gasteiger partial charge on any atom is -0.381 e. The third-order valence-electron chi connectivity index (χ3n) is 3.60. The van der Waals surface area contributed by atoms with Crippen LogP contribution in [-0.4, -0.2) is 33.6 Å². The summed E-state index contributed by atoms with van der Waals surface area (Å²) in [7, 11) is -2.94. The van der Waals surface area contributed by atoms with E-state index in [1.807, 2.05) is 4.72 Å². The average molecular weight is 364 g/mol. The van der Waals surface area contributed by atoms with Crippen molar-refractivity contribution in [3.63, 3.8) is 0 Å². The maximum absolute atomic E-state index is 14.3. The highest BCUT2D eigenvalue weighted by Crippen LogP contribution is 2.27. The Labute approximate surface area is 139 Å². The van der Waals surface area contributed by atoms with Crippen LogP contribution in [0.5, 0.6) is 0 Å². The van der Waals surface area contributed by atoms with Crippen molar-refractivity contribution in [1.82, 2.24) is 4.72 Å². The van der Waals surface area contributed by atoms with Crippen molar-refractivity contribution >= 4 is 16.8 Å². The van der Waals surface area contributed by atoms with Crippen LogP contribution in [0.15, 0.2) is 12.1 Å². The number of primary amides is 1. The molecule has 2 rings (SSSR count). The summed E-state index contributed by atoms with van der Waals surface area (Å²) < 4.78 is 61.9. The number of nitrogens with one attached hydrogen (secondary N) is 1. The molecule has 10 heteroatoms. The molecular weight excluding hydrogens is 346 g/mol. The van der Waals surface area contributed by atoms with E-state index in [0.717, 1.165) is 12.1 Å². The normalized spacial score (nSPS) is 17.1. The third kappa shape index (κ3) is 4.94. The molecule has 0 bridgehead atoms. The Hall–Kier alpha value is -1.62. The van der Waals surface area contributed by atoms with Gasteiger partial charge in [0.2, 0.25) is 10.9 Å². The van der Waals surface area contributed by atoms with E-state index in [2.05, 4.69) is 0 Å². The lowest BCUT2D eigenvalue weighted by Crippen LogP contribution is -2.32. The molecule has 7 nitrogen and oxygen atoms in total. The third-order valence-corrected chi connectivity index (χ3v) is 4.02. The molecule has 1 aliphatic heterocycles. The molecule has 0 aromatic heterocycles. The molecular formula is C14H18F2N2O5S. The van der Waals surface area contributed by atoms with E-state index in [4.69, 9.17) is 15.2 Å². The fraction of sp³-hybridized carbons (Fsp3) is 0.500. The second kappa shape index (κ2) is 8.47. The fourth-order valence-corrected chi connectivity index (χ4v) is 2.69. The molecule has 1 aromatic carbocycles. The SMILES string of the molecule is NC(=O)[C@H](OC1CCOCC1)c1cc(F)c(CN[SH](=O)=O)cc1F. The van der Waals surface area contributed by atoms with E-state index in [-0.39, 0.29) is 17.2 Å². The maximum Gasteiger partial charge on any atom is 0.251 e. The summed E-state index contributed by atoms with van der Waals surface area (Å²) in [6.45, 7) is 0.500. The van der Waals surface area contributed by atoms with Crippen LogP contribution in [0.25, 0.3) is 0 Å². The van der Waals surface area contributed by atoms with Crippen LogP contribution >= 0.6 is 0 Å². The van der Waals surface area contributed by atoms with Gasteiger partial charge in [0.1, 0.15) is 11.6 Å². The lowest BCUT2D eigenvalue weighted by molar-refractivity contribution is -0.138. The lowest BCUT2D eigenvalue weighted by atomic mass is 10.0. The molecule has 3 N–H and O–H groups in total. The molecule has 1 amide bonds. The van der Waals surface area contributed by atoms with Gasteiger partial charge < -0.3 is 15.2 Å². The maximum atomic E-state index is 14.3. The average Bonchev–Trinajstić information content (AvgIpc) is 2.54. The zero-order valence-electron chi connectivity index (χ0n) is 12.7. The van der Waals surface area contributed by atoms with Crippen LogP contribution in [0, 0.1) is 11.6 Å². The van der Waals surface area contributed by atoms with Gasteiger partial charge in [-0.25, -0.2) is 21.9 Å². The van der Waals surface area contributed by atoms with E-state index >= 15 is 0 Å². The molecule has 134 valence electrons. The Morgan fingerprint density at radius 2 is 2.00 bits per heavy atom. The van der Waals surface area contributed by atoms with Crippen LogP contribution < -0.4 is 10.5 Å². The number of thiol groups is 1. The topological polar surface area (TPSA) is 108 Å². The van der Waals surface area contributed by atoms with Crippen molar-refractivity contribution in [2.45, 2.75) is 31.6 Å². The van der Waals surface area contributed by atoms with Gasteiger partial charge in [0, 0.05) is 30.9 Å². The van der Waals surface area contributed by atoms with Crippen molar-refractivity contribution in [2.75, 3.05) is 13.2 Å². The number of hydrogen-bond donors (Lipinski definition) is 3. The number of hydrogen-bond acceptors (Lipinski definition) is 5. The summed E-state index contributed by atoms with van der Waals surface area (Å²) in [6, 6.07) is 1.62. The van der Waals surface area contributed by atoms with E-state index in [9.17, 15) is 22.0 Å². The Bertz CT molecular complexity index is 669. The molecule has 1 aliphatic rings. The Balaban J connectivity index is 2.22. The summed E-state index contributed by atoms with van der Waals surface area (Å²) in [5, 5.41) is 0. The molecule has 0 spiro atoms. The van der Waals surface area contributed by atoms with Gasteiger partial charge in [-0.05, 0) is 25.0 Å². The van der Waals surface area contributed by atoms with Crippen LogP contribution in [0.3, 0.4) is 0 Å².